The standard InChI is InChI=1S/C10H21NO3S/c1-8(10(13)14)9(2)11-4-7-15-6-3-5-12/h8-9,11-12H,3-7H2,1-2H3,(H,13,14). The Balaban J connectivity index is 3.38. The Bertz CT molecular complexity index is 178. The molecule has 2 atom stereocenters. The minimum Gasteiger partial charge on any atom is -0.481 e. The maximum atomic E-state index is 10.6. The number of aliphatic hydroxyl groups excluding tert-OH is 1. The van der Waals surface area contributed by atoms with Gasteiger partial charge in [-0.05, 0) is 19.1 Å². The van der Waals surface area contributed by atoms with Crippen LogP contribution in [0.15, 0.2) is 0 Å². The van der Waals surface area contributed by atoms with E-state index < -0.39 is 5.97 Å². The number of nitrogens with one attached hydrogen (secondary N) is 1. The molecule has 0 radical (unpaired) electrons. The van der Waals surface area contributed by atoms with Crippen LogP contribution in [0.25, 0.3) is 0 Å². The van der Waals surface area contributed by atoms with Crippen LogP contribution >= 0.6 is 11.8 Å². The molecule has 0 fully saturated rings. The third kappa shape index (κ3) is 7.64. The van der Waals surface area contributed by atoms with E-state index in [4.69, 9.17) is 10.2 Å². The van der Waals surface area contributed by atoms with Crippen molar-refractivity contribution in [2.75, 3.05) is 24.7 Å². The first kappa shape index (κ1) is 14.7. The van der Waals surface area contributed by atoms with Gasteiger partial charge in [0, 0.05) is 24.9 Å². The molecular weight excluding hydrogens is 214 g/mol. The zero-order valence-corrected chi connectivity index (χ0v) is 10.2. The summed E-state index contributed by atoms with van der Waals surface area (Å²) in [5.41, 5.74) is 0. The normalized spacial score (nSPS) is 14.9. The van der Waals surface area contributed by atoms with E-state index in [1.54, 1.807) is 18.7 Å². The Hall–Kier alpha value is -0.260. The van der Waals surface area contributed by atoms with Crippen molar-refractivity contribution in [3.05, 3.63) is 0 Å². The van der Waals surface area contributed by atoms with E-state index in [2.05, 4.69) is 5.32 Å². The number of thioether (sulfide) groups is 1. The number of carboxylic acid groups (broad SMARTS) is 1. The Morgan fingerprint density at radius 3 is 2.60 bits per heavy atom. The predicted molar refractivity (Wildman–Crippen MR) is 63.3 cm³/mol. The summed E-state index contributed by atoms with van der Waals surface area (Å²) < 4.78 is 0. The van der Waals surface area contributed by atoms with Gasteiger partial charge in [0.05, 0.1) is 5.92 Å². The molecule has 0 saturated heterocycles. The maximum Gasteiger partial charge on any atom is 0.307 e. The lowest BCUT2D eigenvalue weighted by molar-refractivity contribution is -0.141. The summed E-state index contributed by atoms with van der Waals surface area (Å²) in [7, 11) is 0. The molecule has 0 heterocycles. The molecule has 0 aliphatic heterocycles. The molecule has 0 rings (SSSR count). The van der Waals surface area contributed by atoms with Crippen molar-refractivity contribution in [1.29, 1.82) is 0 Å². The molecule has 0 spiro atoms. The highest BCUT2D eigenvalue weighted by atomic mass is 32.2. The Morgan fingerprint density at radius 2 is 2.07 bits per heavy atom. The van der Waals surface area contributed by atoms with Crippen LogP contribution in [0.5, 0.6) is 0 Å². The summed E-state index contributed by atoms with van der Waals surface area (Å²) in [5, 5.41) is 20.5. The van der Waals surface area contributed by atoms with Crippen LogP contribution in [0.2, 0.25) is 0 Å². The lowest BCUT2D eigenvalue weighted by Crippen LogP contribution is -2.37. The number of aliphatic carboxylic acids is 1. The van der Waals surface area contributed by atoms with E-state index in [0.717, 1.165) is 24.5 Å². The molecule has 15 heavy (non-hydrogen) atoms. The predicted octanol–water partition coefficient (Wildman–Crippen LogP) is 0.801. The highest BCUT2D eigenvalue weighted by Crippen LogP contribution is 2.04. The average Bonchev–Trinajstić information content (AvgIpc) is 2.21. The summed E-state index contributed by atoms with van der Waals surface area (Å²) in [6.07, 6.45) is 0.825. The summed E-state index contributed by atoms with van der Waals surface area (Å²) in [6, 6.07) is 0.000872. The molecule has 90 valence electrons. The third-order valence-corrected chi connectivity index (χ3v) is 3.37. The second-order valence-electron chi connectivity index (χ2n) is 3.56. The average molecular weight is 235 g/mol. The Kier molecular flexibility index (Phi) is 8.85. The number of carboxylic acids is 1. The Labute approximate surface area is 95.4 Å². The zero-order valence-electron chi connectivity index (χ0n) is 9.40. The van der Waals surface area contributed by atoms with Crippen molar-refractivity contribution >= 4 is 17.7 Å². The monoisotopic (exact) mass is 235 g/mol. The van der Waals surface area contributed by atoms with Gasteiger partial charge in [0.2, 0.25) is 0 Å². The molecule has 0 aliphatic rings. The molecule has 0 aromatic carbocycles. The van der Waals surface area contributed by atoms with Gasteiger partial charge >= 0.3 is 5.97 Å². The van der Waals surface area contributed by atoms with Gasteiger partial charge in [-0.3, -0.25) is 4.79 Å². The van der Waals surface area contributed by atoms with E-state index in [-0.39, 0.29) is 18.6 Å². The van der Waals surface area contributed by atoms with Crippen molar-refractivity contribution in [3.8, 4) is 0 Å². The molecular formula is C10H21NO3S. The molecule has 0 aromatic rings. The fraction of sp³-hybridized carbons (Fsp3) is 0.900. The van der Waals surface area contributed by atoms with Crippen LogP contribution in [0.3, 0.4) is 0 Å². The van der Waals surface area contributed by atoms with E-state index in [1.165, 1.54) is 0 Å². The first-order chi connectivity index (χ1) is 7.09. The van der Waals surface area contributed by atoms with Gasteiger partial charge in [-0.25, -0.2) is 0 Å². The fourth-order valence-corrected chi connectivity index (χ4v) is 1.82. The first-order valence-corrected chi connectivity index (χ1v) is 6.39. The van der Waals surface area contributed by atoms with E-state index >= 15 is 0 Å². The molecule has 0 saturated carbocycles. The number of carbonyl (C=O) groups is 1. The second-order valence-corrected chi connectivity index (χ2v) is 4.78. The number of hydrogen-bond donors (Lipinski definition) is 3. The van der Waals surface area contributed by atoms with Crippen LogP contribution in [-0.2, 0) is 4.79 Å². The summed E-state index contributed by atoms with van der Waals surface area (Å²) in [5.74, 6) is 0.799. The van der Waals surface area contributed by atoms with E-state index in [0.29, 0.717) is 0 Å². The van der Waals surface area contributed by atoms with Crippen molar-refractivity contribution in [1.82, 2.24) is 5.32 Å². The highest BCUT2D eigenvalue weighted by Gasteiger charge is 2.17. The molecule has 2 unspecified atom stereocenters. The van der Waals surface area contributed by atoms with Gasteiger partial charge in [0.1, 0.15) is 0 Å². The largest absolute Gasteiger partial charge is 0.481 e. The Morgan fingerprint density at radius 1 is 1.40 bits per heavy atom. The minimum atomic E-state index is -0.761. The van der Waals surface area contributed by atoms with Gasteiger partial charge in [-0.15, -0.1) is 0 Å². The first-order valence-electron chi connectivity index (χ1n) is 5.24. The highest BCUT2D eigenvalue weighted by molar-refractivity contribution is 7.99. The minimum absolute atomic E-state index is 0.000872. The van der Waals surface area contributed by atoms with Gasteiger partial charge in [0.15, 0.2) is 0 Å². The lowest BCUT2D eigenvalue weighted by atomic mass is 10.0. The van der Waals surface area contributed by atoms with Crippen molar-refractivity contribution in [2.24, 2.45) is 5.92 Å². The summed E-state index contributed by atoms with van der Waals surface area (Å²) in [6.45, 7) is 4.65. The van der Waals surface area contributed by atoms with Gasteiger partial charge in [-0.2, -0.15) is 11.8 Å². The smallest absolute Gasteiger partial charge is 0.307 e. The van der Waals surface area contributed by atoms with Crippen molar-refractivity contribution < 1.29 is 15.0 Å². The molecule has 4 nitrogen and oxygen atoms in total. The second kappa shape index (κ2) is 9.00. The van der Waals surface area contributed by atoms with E-state index in [9.17, 15) is 4.79 Å². The zero-order chi connectivity index (χ0) is 11.7. The summed E-state index contributed by atoms with van der Waals surface area (Å²) >= 11 is 1.77. The maximum absolute atomic E-state index is 10.6. The molecule has 0 aliphatic carbocycles. The SMILES string of the molecule is CC(NCCSCCCO)C(C)C(=O)O. The van der Waals surface area contributed by atoms with Gasteiger partial charge in [0.25, 0.3) is 0 Å². The molecule has 5 heteroatoms. The van der Waals surface area contributed by atoms with Crippen molar-refractivity contribution in [2.45, 2.75) is 26.3 Å². The van der Waals surface area contributed by atoms with Crippen molar-refractivity contribution in [3.63, 3.8) is 0 Å². The quantitative estimate of drug-likeness (QED) is 0.516. The number of aliphatic hydroxyl groups is 1. The van der Waals surface area contributed by atoms with Gasteiger partial charge in [-0.1, -0.05) is 6.92 Å². The molecule has 0 amide bonds. The molecule has 0 aromatic heterocycles. The number of hydrogen-bond acceptors (Lipinski definition) is 4. The van der Waals surface area contributed by atoms with Crippen LogP contribution < -0.4 is 5.32 Å². The fourth-order valence-electron chi connectivity index (χ4n) is 1.02. The third-order valence-electron chi connectivity index (χ3n) is 2.30. The molecule has 0 bridgehead atoms. The molecule has 3 N–H and O–H groups in total. The summed E-state index contributed by atoms with van der Waals surface area (Å²) in [4.78, 5) is 10.6. The van der Waals surface area contributed by atoms with Crippen LogP contribution in [0.1, 0.15) is 20.3 Å². The van der Waals surface area contributed by atoms with Gasteiger partial charge < -0.3 is 15.5 Å². The topological polar surface area (TPSA) is 69.6 Å². The van der Waals surface area contributed by atoms with E-state index in [1.807, 2.05) is 6.92 Å². The van der Waals surface area contributed by atoms with Crippen LogP contribution in [0, 0.1) is 5.92 Å². The van der Waals surface area contributed by atoms with Crippen LogP contribution in [0.4, 0.5) is 0 Å². The lowest BCUT2D eigenvalue weighted by Gasteiger charge is -2.17. The van der Waals surface area contributed by atoms with Crippen LogP contribution in [-0.4, -0.2) is 46.9 Å². The number of rotatable bonds is 9.